The molecule has 0 fully saturated rings. The van der Waals surface area contributed by atoms with Crippen molar-refractivity contribution in [3.63, 3.8) is 0 Å². The molecule has 0 aliphatic heterocycles. The standard InChI is InChI=1S/C19H11F4N7OS/c20-11-5-10(17-27-28-18(31-17)16(22)23)12(21)3-9(11)6-30-7-14(26-29-30)8-1-2-13-15(4-8)32-19(24)25-13/h1-5,7,16H,6H2,(H2,24,25)/i6D2. The molecule has 2 N–H and O–H groups in total. The highest BCUT2D eigenvalue weighted by Gasteiger charge is 2.21. The molecule has 0 unspecified atom stereocenters. The van der Waals surface area contributed by atoms with Crippen molar-refractivity contribution in [2.45, 2.75) is 12.9 Å². The van der Waals surface area contributed by atoms with E-state index >= 15 is 0 Å². The number of thiazole rings is 1. The molecular formula is C19H11F4N7OS. The van der Waals surface area contributed by atoms with Crippen LogP contribution in [-0.2, 0) is 6.50 Å². The first-order chi connectivity index (χ1) is 16.1. The topological polar surface area (TPSA) is 109 Å². The molecule has 0 aliphatic rings. The summed E-state index contributed by atoms with van der Waals surface area (Å²) in [6, 6.07) is 6.32. The Balaban J connectivity index is 1.49. The molecule has 32 heavy (non-hydrogen) atoms. The van der Waals surface area contributed by atoms with Gasteiger partial charge in [0.05, 0.1) is 31.2 Å². The summed E-state index contributed by atoms with van der Waals surface area (Å²) in [6.07, 6.45) is -1.85. The highest BCUT2D eigenvalue weighted by molar-refractivity contribution is 7.22. The number of benzene rings is 2. The van der Waals surface area contributed by atoms with Crippen LogP contribution in [-0.4, -0.2) is 30.2 Å². The van der Waals surface area contributed by atoms with Gasteiger partial charge in [0.15, 0.2) is 5.13 Å². The average Bonchev–Trinajstić information content (AvgIpc) is 3.53. The summed E-state index contributed by atoms with van der Waals surface area (Å²) in [5, 5.41) is 14.4. The SMILES string of the molecule is [2H]C([2H])(c1cc(F)c(-c2nnc(C(F)F)o2)cc1F)n1cc(-c2ccc3nc(N)sc3c2)nn1. The lowest BCUT2D eigenvalue weighted by Gasteiger charge is -2.06. The van der Waals surface area contributed by atoms with E-state index in [-0.39, 0.29) is 5.69 Å². The third kappa shape index (κ3) is 3.66. The van der Waals surface area contributed by atoms with E-state index in [1.165, 1.54) is 17.5 Å². The third-order valence-corrected chi connectivity index (χ3v) is 5.19. The number of nitrogens with zero attached hydrogens (tertiary/aromatic N) is 6. The van der Waals surface area contributed by atoms with Crippen LogP contribution in [0.15, 0.2) is 40.9 Å². The maximum absolute atomic E-state index is 14.8. The van der Waals surface area contributed by atoms with Crippen molar-refractivity contribution in [2.24, 2.45) is 0 Å². The molecule has 162 valence electrons. The van der Waals surface area contributed by atoms with Gasteiger partial charge in [-0.3, -0.25) is 0 Å². The molecule has 8 nitrogen and oxygen atoms in total. The van der Waals surface area contributed by atoms with Crippen molar-refractivity contribution in [3.8, 4) is 22.7 Å². The monoisotopic (exact) mass is 463 g/mol. The molecule has 2 aromatic carbocycles. The van der Waals surface area contributed by atoms with Crippen molar-refractivity contribution in [3.05, 3.63) is 59.6 Å². The molecule has 3 aromatic heterocycles. The summed E-state index contributed by atoms with van der Waals surface area (Å²) in [6.45, 7) is -2.66. The first-order valence-electron chi connectivity index (χ1n) is 9.84. The van der Waals surface area contributed by atoms with Gasteiger partial charge in [0, 0.05) is 11.1 Å². The number of halogens is 4. The zero-order valence-electron chi connectivity index (χ0n) is 17.6. The van der Waals surface area contributed by atoms with Gasteiger partial charge in [-0.05, 0) is 24.3 Å². The van der Waals surface area contributed by atoms with Gasteiger partial charge in [-0.15, -0.1) is 15.3 Å². The summed E-state index contributed by atoms with van der Waals surface area (Å²) < 4.78 is 77.7. The minimum Gasteiger partial charge on any atom is -0.415 e. The normalized spacial score (nSPS) is 13.0. The number of rotatable bonds is 5. The van der Waals surface area contributed by atoms with Crippen LogP contribution in [0.3, 0.4) is 0 Å². The maximum Gasteiger partial charge on any atom is 0.314 e. The molecule has 13 heteroatoms. The number of nitrogens with two attached hydrogens (primary N) is 1. The second kappa shape index (κ2) is 7.67. The lowest BCUT2D eigenvalue weighted by atomic mass is 10.1. The minimum absolute atomic E-state index is 0.278. The molecule has 5 aromatic rings. The van der Waals surface area contributed by atoms with Crippen LogP contribution in [0.2, 0.25) is 0 Å². The van der Waals surface area contributed by atoms with Gasteiger partial charge in [0.1, 0.15) is 17.3 Å². The highest BCUT2D eigenvalue weighted by atomic mass is 32.1. The van der Waals surface area contributed by atoms with Crippen LogP contribution in [0, 0.1) is 11.6 Å². The minimum atomic E-state index is -3.08. The van der Waals surface area contributed by atoms with E-state index in [2.05, 4.69) is 29.9 Å². The van der Waals surface area contributed by atoms with E-state index < -0.39 is 47.5 Å². The van der Waals surface area contributed by atoms with Gasteiger partial charge in [-0.25, -0.2) is 18.4 Å². The van der Waals surface area contributed by atoms with Crippen LogP contribution in [0.1, 0.15) is 20.6 Å². The van der Waals surface area contributed by atoms with Crippen molar-refractivity contribution < 1.29 is 24.7 Å². The first kappa shape index (κ1) is 17.8. The molecule has 0 saturated carbocycles. The molecule has 0 saturated heterocycles. The molecule has 0 atom stereocenters. The molecule has 3 heterocycles. The number of anilines is 1. The van der Waals surface area contributed by atoms with Gasteiger partial charge >= 0.3 is 6.43 Å². The zero-order chi connectivity index (χ0) is 24.2. The van der Waals surface area contributed by atoms with Crippen molar-refractivity contribution in [2.75, 3.05) is 5.73 Å². The van der Waals surface area contributed by atoms with E-state index in [1.807, 2.05) is 0 Å². The van der Waals surface area contributed by atoms with Crippen LogP contribution < -0.4 is 5.73 Å². The molecule has 0 spiro atoms. The summed E-state index contributed by atoms with van der Waals surface area (Å²) in [7, 11) is 0. The van der Waals surface area contributed by atoms with Crippen molar-refractivity contribution >= 4 is 26.7 Å². The highest BCUT2D eigenvalue weighted by Crippen LogP contribution is 2.29. The van der Waals surface area contributed by atoms with Crippen molar-refractivity contribution in [1.29, 1.82) is 0 Å². The second-order valence-corrected chi connectivity index (χ2v) is 7.52. The number of hydrogen-bond donors (Lipinski definition) is 1. The summed E-state index contributed by atoms with van der Waals surface area (Å²) in [5.41, 5.74) is 5.97. The second-order valence-electron chi connectivity index (χ2n) is 6.45. The van der Waals surface area contributed by atoms with E-state index in [0.717, 1.165) is 9.38 Å². The van der Waals surface area contributed by atoms with Crippen LogP contribution in [0.25, 0.3) is 32.9 Å². The summed E-state index contributed by atoms with van der Waals surface area (Å²) in [4.78, 5) is 4.15. The summed E-state index contributed by atoms with van der Waals surface area (Å²) in [5.74, 6) is -4.06. The lowest BCUT2D eigenvalue weighted by Crippen LogP contribution is -2.04. The zero-order valence-corrected chi connectivity index (χ0v) is 16.4. The largest absolute Gasteiger partial charge is 0.415 e. The van der Waals surface area contributed by atoms with Gasteiger partial charge < -0.3 is 10.2 Å². The molecule has 0 aliphatic carbocycles. The smallest absolute Gasteiger partial charge is 0.314 e. The average molecular weight is 463 g/mol. The predicted molar refractivity (Wildman–Crippen MR) is 107 cm³/mol. The quantitative estimate of drug-likeness (QED) is 0.384. The van der Waals surface area contributed by atoms with E-state index in [4.69, 9.17) is 8.48 Å². The Kier molecular flexibility index (Phi) is 4.26. The Morgan fingerprint density at radius 3 is 2.75 bits per heavy atom. The summed E-state index contributed by atoms with van der Waals surface area (Å²) >= 11 is 1.26. The molecule has 0 bridgehead atoms. The Morgan fingerprint density at radius 1 is 1.12 bits per heavy atom. The Bertz CT molecular complexity index is 1530. The first-order valence-corrected chi connectivity index (χ1v) is 9.66. The lowest BCUT2D eigenvalue weighted by molar-refractivity contribution is 0.116. The number of alkyl halides is 2. The van der Waals surface area contributed by atoms with Crippen LogP contribution >= 0.6 is 11.3 Å². The van der Waals surface area contributed by atoms with E-state index in [1.54, 1.807) is 18.2 Å². The van der Waals surface area contributed by atoms with Crippen molar-refractivity contribution in [1.82, 2.24) is 30.2 Å². The van der Waals surface area contributed by atoms with Crippen LogP contribution in [0.4, 0.5) is 22.7 Å². The number of nitrogen functional groups attached to an aromatic ring is 1. The fraction of sp³-hybridized carbons (Fsp3) is 0.105. The third-order valence-electron chi connectivity index (χ3n) is 4.34. The Labute approximate surface area is 183 Å². The van der Waals surface area contributed by atoms with E-state index in [0.29, 0.717) is 28.3 Å². The van der Waals surface area contributed by atoms with Gasteiger partial charge in [-0.2, -0.15) is 8.78 Å². The van der Waals surface area contributed by atoms with Gasteiger partial charge in [0.25, 0.3) is 11.8 Å². The van der Waals surface area contributed by atoms with Gasteiger partial charge in [0.2, 0.25) is 0 Å². The number of fused-ring (bicyclic) bond motifs is 1. The van der Waals surface area contributed by atoms with Crippen LogP contribution in [0.5, 0.6) is 0 Å². The Morgan fingerprint density at radius 2 is 1.97 bits per heavy atom. The molecule has 5 rings (SSSR count). The predicted octanol–water partition coefficient (Wildman–Crippen LogP) is 4.45. The Hall–Kier alpha value is -3.87. The number of hydrogen-bond acceptors (Lipinski definition) is 8. The maximum atomic E-state index is 14.8. The fourth-order valence-corrected chi connectivity index (χ4v) is 3.68. The van der Waals surface area contributed by atoms with E-state index in [9.17, 15) is 17.6 Å². The molecular weight excluding hydrogens is 450 g/mol. The molecule has 0 amide bonds. The van der Waals surface area contributed by atoms with Gasteiger partial charge in [-0.1, -0.05) is 22.6 Å². The molecule has 0 radical (unpaired) electrons. The fourth-order valence-electron chi connectivity index (χ4n) is 2.90. The number of aromatic nitrogens is 6.